The molecule has 1 saturated carbocycles. The van der Waals surface area contributed by atoms with Gasteiger partial charge in [0, 0.05) is 0 Å². The third-order valence-electron chi connectivity index (χ3n) is 7.67. The van der Waals surface area contributed by atoms with Crippen LogP contribution in [0.1, 0.15) is 47.9 Å². The topological polar surface area (TPSA) is 0 Å². The van der Waals surface area contributed by atoms with Crippen LogP contribution in [0.4, 0.5) is 0 Å². The Labute approximate surface area is 168 Å². The molecule has 28 heavy (non-hydrogen) atoms. The van der Waals surface area contributed by atoms with Crippen LogP contribution in [0, 0.1) is 31.6 Å². The molecule has 0 aromatic heterocycles. The highest BCUT2D eigenvalue weighted by molar-refractivity contribution is 5.98. The van der Waals surface area contributed by atoms with Crippen LogP contribution in [-0.2, 0) is 6.42 Å². The van der Waals surface area contributed by atoms with Gasteiger partial charge in [-0.2, -0.15) is 0 Å². The summed E-state index contributed by atoms with van der Waals surface area (Å²) in [5, 5.41) is 2.85. The van der Waals surface area contributed by atoms with Crippen molar-refractivity contribution in [1.82, 2.24) is 0 Å². The lowest BCUT2D eigenvalue weighted by molar-refractivity contribution is 0.502. The number of allylic oxidation sites excluding steroid dienone is 8. The first kappa shape index (κ1) is 16.6. The van der Waals surface area contributed by atoms with Crippen molar-refractivity contribution in [3.63, 3.8) is 0 Å². The second-order valence-electron chi connectivity index (χ2n) is 9.30. The van der Waals surface area contributed by atoms with Gasteiger partial charge in [-0.25, -0.2) is 0 Å². The number of aryl methyl sites for hydroxylation is 2. The molecule has 4 aliphatic rings. The molecule has 0 bridgehead atoms. The van der Waals surface area contributed by atoms with Crippen molar-refractivity contribution < 1.29 is 0 Å². The van der Waals surface area contributed by atoms with Gasteiger partial charge in [0.05, 0.1) is 0 Å². The molecule has 0 aliphatic heterocycles. The van der Waals surface area contributed by atoms with Crippen molar-refractivity contribution in [3.05, 3.63) is 88.0 Å². The van der Waals surface area contributed by atoms with E-state index in [2.05, 4.69) is 68.5 Å². The van der Waals surface area contributed by atoms with Gasteiger partial charge in [0.25, 0.3) is 0 Å². The van der Waals surface area contributed by atoms with Crippen molar-refractivity contribution >= 4 is 16.3 Å². The first-order chi connectivity index (χ1) is 13.7. The SMILES string of the molecule is Cc1c2c(c(C)c3ccccc13)C(C1=CC3=CC4CC4CC3CC=C1)=CCC2. The Morgan fingerprint density at radius 2 is 1.79 bits per heavy atom. The lowest BCUT2D eigenvalue weighted by Crippen LogP contribution is -2.09. The summed E-state index contributed by atoms with van der Waals surface area (Å²) in [5.41, 5.74) is 10.5. The summed E-state index contributed by atoms with van der Waals surface area (Å²) in [4.78, 5) is 0. The van der Waals surface area contributed by atoms with E-state index < -0.39 is 0 Å². The maximum atomic E-state index is 2.61. The fraction of sp³-hybridized carbons (Fsp3) is 0.357. The molecule has 3 unspecified atom stereocenters. The fourth-order valence-corrected chi connectivity index (χ4v) is 6.03. The number of hydrogen-bond acceptors (Lipinski definition) is 0. The molecule has 0 heteroatoms. The Bertz CT molecular complexity index is 1120. The van der Waals surface area contributed by atoms with Gasteiger partial charge < -0.3 is 0 Å². The van der Waals surface area contributed by atoms with E-state index in [1.165, 1.54) is 64.3 Å². The van der Waals surface area contributed by atoms with Crippen LogP contribution in [0.2, 0.25) is 0 Å². The van der Waals surface area contributed by atoms with Gasteiger partial charge in [0.1, 0.15) is 0 Å². The first-order valence-corrected chi connectivity index (χ1v) is 11.0. The van der Waals surface area contributed by atoms with E-state index in [4.69, 9.17) is 0 Å². The molecule has 0 radical (unpaired) electrons. The largest absolute Gasteiger partial charge is 0.0833 e. The summed E-state index contributed by atoms with van der Waals surface area (Å²) in [6.45, 7) is 4.66. The Morgan fingerprint density at radius 1 is 0.964 bits per heavy atom. The molecule has 2 aromatic carbocycles. The molecule has 0 amide bonds. The highest BCUT2D eigenvalue weighted by Gasteiger charge is 2.41. The normalized spacial score (nSPS) is 27.8. The van der Waals surface area contributed by atoms with E-state index in [-0.39, 0.29) is 0 Å². The third-order valence-corrected chi connectivity index (χ3v) is 7.67. The van der Waals surface area contributed by atoms with E-state index in [1.54, 1.807) is 11.1 Å². The molecule has 0 saturated heterocycles. The van der Waals surface area contributed by atoms with Crippen molar-refractivity contribution in [1.29, 1.82) is 0 Å². The zero-order valence-electron chi connectivity index (χ0n) is 17.0. The molecule has 0 nitrogen and oxygen atoms in total. The molecule has 140 valence electrons. The van der Waals surface area contributed by atoms with Gasteiger partial charge in [-0.05, 0) is 113 Å². The van der Waals surface area contributed by atoms with Gasteiger partial charge in [-0.1, -0.05) is 54.6 Å². The zero-order chi connectivity index (χ0) is 18.8. The second-order valence-corrected chi connectivity index (χ2v) is 9.30. The van der Waals surface area contributed by atoms with E-state index >= 15 is 0 Å². The van der Waals surface area contributed by atoms with Crippen LogP contribution >= 0.6 is 0 Å². The average molecular weight is 365 g/mol. The highest BCUT2D eigenvalue weighted by Crippen LogP contribution is 2.52. The molecular formula is C28H28. The summed E-state index contributed by atoms with van der Waals surface area (Å²) >= 11 is 0. The maximum Gasteiger partial charge on any atom is -0.0111 e. The van der Waals surface area contributed by atoms with E-state index in [0.717, 1.165) is 24.2 Å². The predicted octanol–water partition coefficient (Wildman–Crippen LogP) is 7.25. The number of hydrogen-bond donors (Lipinski definition) is 0. The summed E-state index contributed by atoms with van der Waals surface area (Å²) < 4.78 is 0. The highest BCUT2D eigenvalue weighted by atomic mass is 14.5. The summed E-state index contributed by atoms with van der Waals surface area (Å²) in [6.07, 6.45) is 18.9. The average Bonchev–Trinajstić information content (AvgIpc) is 3.51. The van der Waals surface area contributed by atoms with Gasteiger partial charge in [0.15, 0.2) is 0 Å². The maximum absolute atomic E-state index is 2.61. The van der Waals surface area contributed by atoms with Crippen LogP contribution in [0.25, 0.3) is 16.3 Å². The number of fused-ring (bicyclic) bond motifs is 4. The van der Waals surface area contributed by atoms with Crippen molar-refractivity contribution in [3.8, 4) is 0 Å². The van der Waals surface area contributed by atoms with Crippen LogP contribution in [0.3, 0.4) is 0 Å². The van der Waals surface area contributed by atoms with Gasteiger partial charge in [-0.3, -0.25) is 0 Å². The van der Waals surface area contributed by atoms with Crippen LogP contribution in [0.5, 0.6) is 0 Å². The Hall–Kier alpha value is -2.34. The second kappa shape index (κ2) is 6.08. The van der Waals surface area contributed by atoms with Crippen molar-refractivity contribution in [2.75, 3.05) is 0 Å². The Morgan fingerprint density at radius 3 is 2.64 bits per heavy atom. The third kappa shape index (κ3) is 2.43. The summed E-state index contributed by atoms with van der Waals surface area (Å²) in [7, 11) is 0. The molecule has 0 N–H and O–H groups in total. The van der Waals surface area contributed by atoms with Gasteiger partial charge in [0.2, 0.25) is 0 Å². The number of rotatable bonds is 1. The first-order valence-electron chi connectivity index (χ1n) is 11.0. The van der Waals surface area contributed by atoms with Crippen LogP contribution < -0.4 is 0 Å². The molecular weight excluding hydrogens is 336 g/mol. The van der Waals surface area contributed by atoms with Crippen molar-refractivity contribution in [2.45, 2.75) is 46.0 Å². The molecule has 0 heterocycles. The predicted molar refractivity (Wildman–Crippen MR) is 119 cm³/mol. The molecule has 2 aromatic rings. The lowest BCUT2D eigenvalue weighted by atomic mass is 9.78. The summed E-state index contributed by atoms with van der Waals surface area (Å²) in [6, 6.07) is 8.96. The molecule has 6 rings (SSSR count). The van der Waals surface area contributed by atoms with Gasteiger partial charge >= 0.3 is 0 Å². The summed E-state index contributed by atoms with van der Waals surface area (Å²) in [5.74, 6) is 2.62. The minimum absolute atomic E-state index is 0.751. The van der Waals surface area contributed by atoms with Crippen LogP contribution in [0.15, 0.2) is 65.8 Å². The Balaban J connectivity index is 1.54. The fourth-order valence-electron chi connectivity index (χ4n) is 6.03. The minimum atomic E-state index is 0.751. The standard InChI is InChI=1S/C28H28/c1-17-24-9-3-4-10-25(24)18(2)28-26(17)11-6-12-27(28)20-8-5-7-19-13-22-16-23(22)15-21(19)14-20/h3-5,8-10,12,14-15,19,22-23H,6-7,11,13,16H2,1-2H3. The molecule has 3 atom stereocenters. The smallest absolute Gasteiger partial charge is 0.0111 e. The van der Waals surface area contributed by atoms with Crippen molar-refractivity contribution in [2.24, 2.45) is 17.8 Å². The monoisotopic (exact) mass is 364 g/mol. The van der Waals surface area contributed by atoms with E-state index in [9.17, 15) is 0 Å². The van der Waals surface area contributed by atoms with Crippen LogP contribution in [-0.4, -0.2) is 0 Å². The number of benzene rings is 2. The molecule has 0 spiro atoms. The Kier molecular flexibility index (Phi) is 3.60. The lowest BCUT2D eigenvalue weighted by Gasteiger charge is -2.26. The quantitative estimate of drug-likeness (QED) is 0.500. The van der Waals surface area contributed by atoms with Gasteiger partial charge in [-0.15, -0.1) is 0 Å². The molecule has 1 fully saturated rings. The molecule has 4 aliphatic carbocycles. The van der Waals surface area contributed by atoms with E-state index in [0.29, 0.717) is 0 Å². The zero-order valence-corrected chi connectivity index (χ0v) is 17.0. The minimum Gasteiger partial charge on any atom is -0.0833 e. The van der Waals surface area contributed by atoms with E-state index in [1.807, 2.05) is 0 Å².